The van der Waals surface area contributed by atoms with Crippen molar-refractivity contribution in [3.05, 3.63) is 88.4 Å². The van der Waals surface area contributed by atoms with E-state index >= 15 is 0 Å². The molecular formula is C21H15BrNO2P. The fourth-order valence-corrected chi connectivity index (χ4v) is 3.93. The molecule has 3 aromatic rings. The molecule has 0 fully saturated rings. The highest BCUT2D eigenvalue weighted by atomic mass is 79.9. The summed E-state index contributed by atoms with van der Waals surface area (Å²) in [6.07, 6.45) is 0.674. The molecule has 3 nitrogen and oxygen atoms in total. The molecule has 26 heavy (non-hydrogen) atoms. The van der Waals surface area contributed by atoms with E-state index in [0.29, 0.717) is 17.5 Å². The number of ether oxygens (including phenoxy) is 1. The lowest BCUT2D eigenvalue weighted by Crippen LogP contribution is -2.06. The van der Waals surface area contributed by atoms with Crippen molar-refractivity contribution in [2.75, 3.05) is 5.32 Å². The van der Waals surface area contributed by atoms with Gasteiger partial charge in [-0.05, 0) is 47.9 Å². The van der Waals surface area contributed by atoms with E-state index in [1.807, 2.05) is 54.6 Å². The molecule has 5 heteroatoms. The van der Waals surface area contributed by atoms with E-state index in [9.17, 15) is 4.57 Å². The van der Waals surface area contributed by atoms with Crippen molar-refractivity contribution in [1.29, 1.82) is 0 Å². The number of anilines is 1. The molecule has 0 aromatic heterocycles. The summed E-state index contributed by atoms with van der Waals surface area (Å²) in [5, 5.41) is 4.02. The Morgan fingerprint density at radius 1 is 1.00 bits per heavy atom. The average Bonchev–Trinajstić information content (AvgIpc) is 2.79. The SMILES string of the molecule is C=C1Nc2ccccc2Oc2cc(P=O)cc(Cc3ccccc3Br)c21. The summed E-state index contributed by atoms with van der Waals surface area (Å²) in [5.74, 6) is 1.38. The van der Waals surface area contributed by atoms with E-state index in [2.05, 4.69) is 33.9 Å². The van der Waals surface area contributed by atoms with E-state index in [4.69, 9.17) is 4.74 Å². The van der Waals surface area contributed by atoms with Gasteiger partial charge in [-0.25, -0.2) is 0 Å². The zero-order valence-electron chi connectivity index (χ0n) is 13.8. The molecule has 0 saturated carbocycles. The lowest BCUT2D eigenvalue weighted by molar-refractivity contribution is 0.485. The third-order valence-corrected chi connectivity index (χ3v) is 5.55. The molecule has 0 aliphatic carbocycles. The summed E-state index contributed by atoms with van der Waals surface area (Å²) in [4.78, 5) is 0. The highest BCUT2D eigenvalue weighted by molar-refractivity contribution is 9.10. The Kier molecular flexibility index (Phi) is 4.62. The first-order valence-electron chi connectivity index (χ1n) is 8.12. The molecule has 1 aliphatic heterocycles. The standard InChI is InChI=1S/C21H15BrNO2P/c1-13-21-15(10-14-6-2-3-7-17(14)22)11-16(26-24)12-20(21)25-19-9-5-4-8-18(19)23-13/h2-9,11-12,23H,1,10H2. The van der Waals surface area contributed by atoms with E-state index in [1.165, 1.54) is 0 Å². The van der Waals surface area contributed by atoms with Crippen molar-refractivity contribution in [2.45, 2.75) is 6.42 Å². The van der Waals surface area contributed by atoms with Gasteiger partial charge in [-0.3, -0.25) is 4.57 Å². The summed E-state index contributed by atoms with van der Waals surface area (Å²) >= 11 is 3.61. The fourth-order valence-electron chi connectivity index (χ4n) is 3.12. The molecule has 128 valence electrons. The number of halogens is 1. The summed E-state index contributed by atoms with van der Waals surface area (Å²) in [6, 6.07) is 19.6. The Morgan fingerprint density at radius 2 is 1.77 bits per heavy atom. The fraction of sp³-hybridized carbons (Fsp3) is 0.0476. The van der Waals surface area contributed by atoms with E-state index in [1.54, 1.807) is 0 Å². The lowest BCUT2D eigenvalue weighted by Gasteiger charge is -2.15. The third-order valence-electron chi connectivity index (χ3n) is 4.31. The second-order valence-corrected chi connectivity index (χ2v) is 7.59. The topological polar surface area (TPSA) is 38.3 Å². The summed E-state index contributed by atoms with van der Waals surface area (Å²) in [7, 11) is -0.0377. The molecule has 0 atom stereocenters. The van der Waals surface area contributed by atoms with Crippen LogP contribution in [0.2, 0.25) is 0 Å². The minimum absolute atomic E-state index is 0.0377. The largest absolute Gasteiger partial charge is 0.454 e. The molecule has 0 saturated heterocycles. The molecule has 1 aliphatic rings. The van der Waals surface area contributed by atoms with Gasteiger partial charge in [0.15, 0.2) is 14.2 Å². The van der Waals surface area contributed by atoms with Crippen molar-refractivity contribution in [1.82, 2.24) is 0 Å². The number of hydrogen-bond donors (Lipinski definition) is 1. The lowest BCUT2D eigenvalue weighted by atomic mass is 9.97. The quantitative estimate of drug-likeness (QED) is 0.513. The van der Waals surface area contributed by atoms with Crippen LogP contribution in [0.3, 0.4) is 0 Å². The van der Waals surface area contributed by atoms with Crippen molar-refractivity contribution >= 4 is 41.1 Å². The van der Waals surface area contributed by atoms with Crippen LogP contribution >= 0.6 is 24.4 Å². The van der Waals surface area contributed by atoms with Crippen LogP contribution in [0.1, 0.15) is 16.7 Å². The van der Waals surface area contributed by atoms with Gasteiger partial charge in [0, 0.05) is 21.0 Å². The number of hydrogen-bond acceptors (Lipinski definition) is 3. The monoisotopic (exact) mass is 423 g/mol. The van der Waals surface area contributed by atoms with Gasteiger partial charge < -0.3 is 10.1 Å². The smallest absolute Gasteiger partial charge is 0.192 e. The van der Waals surface area contributed by atoms with E-state index in [0.717, 1.165) is 38.3 Å². The van der Waals surface area contributed by atoms with Gasteiger partial charge in [0.1, 0.15) is 5.75 Å². The van der Waals surface area contributed by atoms with Crippen LogP contribution in [-0.4, -0.2) is 0 Å². The molecule has 1 heterocycles. The van der Waals surface area contributed by atoms with E-state index < -0.39 is 0 Å². The molecule has 0 unspecified atom stereocenters. The Labute approximate surface area is 162 Å². The van der Waals surface area contributed by atoms with Gasteiger partial charge in [0.2, 0.25) is 0 Å². The van der Waals surface area contributed by atoms with Crippen molar-refractivity contribution in [3.63, 3.8) is 0 Å². The number of benzene rings is 3. The molecule has 1 N–H and O–H groups in total. The van der Waals surface area contributed by atoms with Gasteiger partial charge in [-0.2, -0.15) is 0 Å². The van der Waals surface area contributed by atoms with Crippen LogP contribution in [0.4, 0.5) is 5.69 Å². The molecule has 4 rings (SSSR count). The molecule has 0 spiro atoms. The van der Waals surface area contributed by atoms with Gasteiger partial charge in [-0.1, -0.05) is 52.8 Å². The van der Waals surface area contributed by atoms with E-state index in [-0.39, 0.29) is 8.46 Å². The molecule has 0 radical (unpaired) electrons. The number of nitrogens with one attached hydrogen (secondary N) is 1. The summed E-state index contributed by atoms with van der Waals surface area (Å²) < 4.78 is 18.8. The third kappa shape index (κ3) is 3.18. The Morgan fingerprint density at radius 3 is 2.58 bits per heavy atom. The highest BCUT2D eigenvalue weighted by Gasteiger charge is 2.21. The predicted octanol–water partition coefficient (Wildman–Crippen LogP) is 6.15. The van der Waals surface area contributed by atoms with Gasteiger partial charge in [0.25, 0.3) is 0 Å². The maximum absolute atomic E-state index is 11.6. The molecule has 0 amide bonds. The van der Waals surface area contributed by atoms with Crippen LogP contribution in [0, 0.1) is 0 Å². The van der Waals surface area contributed by atoms with Gasteiger partial charge in [0.05, 0.1) is 5.69 Å². The number of para-hydroxylation sites is 2. The Bertz CT molecular complexity index is 1030. The predicted molar refractivity (Wildman–Crippen MR) is 110 cm³/mol. The minimum Gasteiger partial charge on any atom is -0.454 e. The van der Waals surface area contributed by atoms with Crippen LogP contribution in [0.5, 0.6) is 11.5 Å². The first-order valence-corrected chi connectivity index (χ1v) is 9.73. The second-order valence-electron chi connectivity index (χ2n) is 6.04. The first-order chi connectivity index (χ1) is 12.7. The normalized spacial score (nSPS) is 12.6. The second kappa shape index (κ2) is 7.06. The Hall–Kier alpha value is -2.42. The molecule has 3 aromatic carbocycles. The highest BCUT2D eigenvalue weighted by Crippen LogP contribution is 2.41. The zero-order valence-corrected chi connectivity index (χ0v) is 16.3. The first kappa shape index (κ1) is 17.0. The number of fused-ring (bicyclic) bond motifs is 2. The maximum atomic E-state index is 11.6. The van der Waals surface area contributed by atoms with Crippen LogP contribution < -0.4 is 15.4 Å². The molecule has 0 bridgehead atoms. The van der Waals surface area contributed by atoms with Crippen LogP contribution in [0.25, 0.3) is 5.70 Å². The van der Waals surface area contributed by atoms with Crippen molar-refractivity contribution in [2.24, 2.45) is 0 Å². The van der Waals surface area contributed by atoms with Gasteiger partial charge >= 0.3 is 0 Å². The minimum atomic E-state index is -0.0377. The van der Waals surface area contributed by atoms with Gasteiger partial charge in [-0.15, -0.1) is 0 Å². The Balaban J connectivity index is 1.86. The summed E-state index contributed by atoms with van der Waals surface area (Å²) in [6.45, 7) is 4.21. The molecular weight excluding hydrogens is 409 g/mol. The van der Waals surface area contributed by atoms with Crippen LogP contribution in [-0.2, 0) is 11.0 Å². The average molecular weight is 424 g/mol. The van der Waals surface area contributed by atoms with Crippen molar-refractivity contribution in [3.8, 4) is 11.5 Å². The summed E-state index contributed by atoms with van der Waals surface area (Å²) in [5.41, 5.74) is 4.69. The van der Waals surface area contributed by atoms with Crippen LogP contribution in [0.15, 0.2) is 71.7 Å². The number of rotatable bonds is 3. The zero-order chi connectivity index (χ0) is 18.1. The van der Waals surface area contributed by atoms with Crippen molar-refractivity contribution < 1.29 is 9.30 Å². The maximum Gasteiger partial charge on any atom is 0.192 e.